The van der Waals surface area contributed by atoms with Gasteiger partial charge in [0.05, 0.1) is 0 Å². The van der Waals surface area contributed by atoms with E-state index in [2.05, 4.69) is 0 Å². The normalized spacial score (nSPS) is 10.6. The molecule has 0 radical (unpaired) electrons. The van der Waals surface area contributed by atoms with Crippen LogP contribution in [0.15, 0.2) is 30.3 Å². The van der Waals surface area contributed by atoms with E-state index in [1.54, 1.807) is 6.92 Å². The lowest BCUT2D eigenvalue weighted by Gasteiger charge is -2.02. The van der Waals surface area contributed by atoms with Crippen LogP contribution in [0.5, 0.6) is 0 Å². The number of allylic oxidation sites excluding steroid dienone is 1. The van der Waals surface area contributed by atoms with E-state index in [-0.39, 0.29) is 11.0 Å². The summed E-state index contributed by atoms with van der Waals surface area (Å²) in [6, 6.07) is 7.52. The van der Waals surface area contributed by atoms with Gasteiger partial charge in [0.1, 0.15) is 5.84 Å². The smallest absolute Gasteiger partial charge is 0.185 e. The van der Waals surface area contributed by atoms with Gasteiger partial charge in [-0.05, 0) is 12.0 Å². The number of nitrogens with two attached hydrogens (primary N) is 1. The molecule has 1 rings (SSSR count). The predicted molar refractivity (Wildman–Crippen MR) is 74.2 cm³/mol. The van der Waals surface area contributed by atoms with Crippen LogP contribution in [0, 0.1) is 5.41 Å². The first kappa shape index (κ1) is 13.5. The molecule has 0 unspecified atom stereocenters. The zero-order valence-corrected chi connectivity index (χ0v) is 10.6. The van der Waals surface area contributed by atoms with Gasteiger partial charge in [-0.1, -0.05) is 48.2 Å². The second-order valence-corrected chi connectivity index (χ2v) is 4.80. The summed E-state index contributed by atoms with van der Waals surface area (Å²) >= 11 is 1.32. The second-order valence-electron chi connectivity index (χ2n) is 3.53. The number of nitrogen functional groups attached to an aromatic ring is 1. The van der Waals surface area contributed by atoms with Gasteiger partial charge >= 0.3 is 0 Å². The fourth-order valence-corrected chi connectivity index (χ4v) is 1.91. The topological polar surface area (TPSA) is 66.9 Å². The zero-order valence-electron chi connectivity index (χ0n) is 9.77. The molecule has 17 heavy (non-hydrogen) atoms. The number of hydrogen-bond acceptors (Lipinski definition) is 3. The van der Waals surface area contributed by atoms with Gasteiger partial charge in [-0.3, -0.25) is 10.2 Å². The quantitative estimate of drug-likeness (QED) is 0.478. The average Bonchev–Trinajstić information content (AvgIpc) is 2.28. The highest BCUT2D eigenvalue weighted by Gasteiger charge is 2.00. The second kappa shape index (κ2) is 6.91. The molecule has 0 fully saturated rings. The number of carbonyl (C=O) groups is 1. The Morgan fingerprint density at radius 1 is 1.47 bits per heavy atom. The Morgan fingerprint density at radius 3 is 2.82 bits per heavy atom. The summed E-state index contributed by atoms with van der Waals surface area (Å²) in [4.78, 5) is 10.7. The summed E-state index contributed by atoms with van der Waals surface area (Å²) in [6.07, 6.45) is 4.77. The maximum atomic E-state index is 10.7. The molecule has 0 aliphatic carbocycles. The molecule has 3 N–H and O–H groups in total. The highest BCUT2D eigenvalue weighted by Crippen LogP contribution is 2.11. The summed E-state index contributed by atoms with van der Waals surface area (Å²) in [5.41, 5.74) is 7.16. The van der Waals surface area contributed by atoms with Gasteiger partial charge < -0.3 is 5.73 Å². The minimum atomic E-state index is 0.0726. The van der Waals surface area contributed by atoms with Gasteiger partial charge in [-0.15, -0.1) is 0 Å². The van der Waals surface area contributed by atoms with Crippen LogP contribution in [0.2, 0.25) is 0 Å². The molecule has 90 valence electrons. The Labute approximate surface area is 106 Å². The molecule has 4 heteroatoms. The van der Waals surface area contributed by atoms with Crippen molar-refractivity contribution in [3.05, 3.63) is 41.5 Å². The Kier molecular flexibility index (Phi) is 5.49. The van der Waals surface area contributed by atoms with Crippen LogP contribution < -0.4 is 5.73 Å². The van der Waals surface area contributed by atoms with Gasteiger partial charge in [0.2, 0.25) is 0 Å². The molecule has 0 aromatic heterocycles. The molecule has 3 nitrogen and oxygen atoms in total. The first-order valence-electron chi connectivity index (χ1n) is 5.34. The molecule has 0 atom stereocenters. The molecule has 0 aliphatic heterocycles. The van der Waals surface area contributed by atoms with Crippen molar-refractivity contribution in [1.82, 2.24) is 0 Å². The van der Waals surface area contributed by atoms with Crippen LogP contribution in [-0.4, -0.2) is 16.7 Å². The van der Waals surface area contributed by atoms with Crippen molar-refractivity contribution >= 4 is 28.8 Å². The van der Waals surface area contributed by atoms with Gasteiger partial charge in [0, 0.05) is 18.2 Å². The first-order valence-corrected chi connectivity index (χ1v) is 6.33. The molecule has 0 spiro atoms. The van der Waals surface area contributed by atoms with Crippen LogP contribution in [-0.2, 0) is 4.79 Å². The van der Waals surface area contributed by atoms with E-state index >= 15 is 0 Å². The third-order valence-corrected chi connectivity index (χ3v) is 2.98. The van der Waals surface area contributed by atoms with Gasteiger partial charge in [0.15, 0.2) is 5.12 Å². The molecule has 0 bridgehead atoms. The van der Waals surface area contributed by atoms with E-state index in [0.29, 0.717) is 0 Å². The monoisotopic (exact) mass is 248 g/mol. The van der Waals surface area contributed by atoms with E-state index in [1.807, 2.05) is 36.4 Å². The first-order chi connectivity index (χ1) is 8.11. The number of rotatable bonds is 5. The van der Waals surface area contributed by atoms with Gasteiger partial charge in [-0.2, -0.15) is 0 Å². The number of benzene rings is 1. The highest BCUT2D eigenvalue weighted by atomic mass is 32.2. The lowest BCUT2D eigenvalue weighted by molar-refractivity contribution is -0.109. The van der Waals surface area contributed by atoms with E-state index in [1.165, 1.54) is 11.8 Å². The largest absolute Gasteiger partial charge is 0.384 e. The van der Waals surface area contributed by atoms with Crippen molar-refractivity contribution in [3.8, 4) is 0 Å². The van der Waals surface area contributed by atoms with Crippen molar-refractivity contribution in [2.45, 2.75) is 13.3 Å². The van der Waals surface area contributed by atoms with Crippen molar-refractivity contribution in [1.29, 1.82) is 5.41 Å². The zero-order chi connectivity index (χ0) is 12.7. The van der Waals surface area contributed by atoms with Crippen LogP contribution in [0.1, 0.15) is 24.5 Å². The third kappa shape index (κ3) is 4.87. The predicted octanol–water partition coefficient (Wildman–Crippen LogP) is 2.65. The summed E-state index contributed by atoms with van der Waals surface area (Å²) in [5, 5.41) is 7.59. The van der Waals surface area contributed by atoms with Gasteiger partial charge in [0.25, 0.3) is 0 Å². The molecular formula is C13H16N2OS. The number of hydrogen-bond donors (Lipinski definition) is 2. The molecule has 0 heterocycles. The van der Waals surface area contributed by atoms with Crippen molar-refractivity contribution in [2.24, 2.45) is 5.73 Å². The van der Waals surface area contributed by atoms with E-state index in [9.17, 15) is 4.79 Å². The maximum absolute atomic E-state index is 10.7. The molecule has 1 aromatic rings. The SMILES string of the molecule is CC(=O)SCCC=Cc1ccccc1C(=N)N. The summed E-state index contributed by atoms with van der Waals surface area (Å²) in [5.74, 6) is 0.858. The van der Waals surface area contributed by atoms with E-state index in [4.69, 9.17) is 11.1 Å². The van der Waals surface area contributed by atoms with E-state index in [0.717, 1.165) is 23.3 Å². The molecule has 0 saturated carbocycles. The molecule has 0 saturated heterocycles. The molecular weight excluding hydrogens is 232 g/mol. The Hall–Kier alpha value is -1.55. The minimum Gasteiger partial charge on any atom is -0.384 e. The van der Waals surface area contributed by atoms with Crippen LogP contribution in [0.25, 0.3) is 6.08 Å². The fraction of sp³-hybridized carbons (Fsp3) is 0.231. The van der Waals surface area contributed by atoms with Crippen molar-refractivity contribution < 1.29 is 4.79 Å². The van der Waals surface area contributed by atoms with E-state index < -0.39 is 0 Å². The molecule has 0 amide bonds. The van der Waals surface area contributed by atoms with Crippen LogP contribution >= 0.6 is 11.8 Å². The lowest BCUT2D eigenvalue weighted by Crippen LogP contribution is -2.12. The lowest BCUT2D eigenvalue weighted by atomic mass is 10.1. The number of thioether (sulfide) groups is 1. The Bertz CT molecular complexity index is 441. The third-order valence-electron chi connectivity index (χ3n) is 2.14. The minimum absolute atomic E-state index is 0.0726. The van der Waals surface area contributed by atoms with Crippen LogP contribution in [0.3, 0.4) is 0 Å². The summed E-state index contributed by atoms with van der Waals surface area (Å²) < 4.78 is 0. The molecule has 0 aliphatic rings. The fourth-order valence-electron chi connectivity index (χ4n) is 1.37. The number of nitrogens with one attached hydrogen (secondary N) is 1. The van der Waals surface area contributed by atoms with Crippen molar-refractivity contribution in [3.63, 3.8) is 0 Å². The highest BCUT2D eigenvalue weighted by molar-refractivity contribution is 8.13. The summed E-state index contributed by atoms with van der Waals surface area (Å²) in [7, 11) is 0. The van der Waals surface area contributed by atoms with Crippen molar-refractivity contribution in [2.75, 3.05) is 5.75 Å². The number of amidine groups is 1. The Morgan fingerprint density at radius 2 is 2.18 bits per heavy atom. The molecule has 1 aromatic carbocycles. The number of carbonyl (C=O) groups excluding carboxylic acids is 1. The van der Waals surface area contributed by atoms with Gasteiger partial charge in [-0.25, -0.2) is 0 Å². The van der Waals surface area contributed by atoms with Crippen LogP contribution in [0.4, 0.5) is 0 Å². The Balaban J connectivity index is 2.59. The average molecular weight is 248 g/mol. The maximum Gasteiger partial charge on any atom is 0.185 e. The summed E-state index contributed by atoms with van der Waals surface area (Å²) in [6.45, 7) is 1.57. The standard InChI is InChI=1S/C13H16N2OS/c1-10(16)17-9-5-4-7-11-6-2-3-8-12(11)13(14)15/h2-4,6-8H,5,9H2,1H3,(H3,14,15).